The fraction of sp³-hybridized carbons (Fsp3) is 0.591. The van der Waals surface area contributed by atoms with Crippen LogP contribution in [0.25, 0.3) is 10.9 Å². The molecule has 1 aromatic heterocycles. The number of benzene rings is 1. The van der Waals surface area contributed by atoms with Crippen molar-refractivity contribution in [1.82, 2.24) is 9.88 Å². The van der Waals surface area contributed by atoms with Crippen molar-refractivity contribution >= 4 is 16.8 Å². The van der Waals surface area contributed by atoms with Gasteiger partial charge < -0.3 is 9.88 Å². The third kappa shape index (κ3) is 3.94. The van der Waals surface area contributed by atoms with Crippen LogP contribution in [0.5, 0.6) is 0 Å². The zero-order valence-corrected chi connectivity index (χ0v) is 16.2. The summed E-state index contributed by atoms with van der Waals surface area (Å²) >= 11 is 0. The lowest BCUT2D eigenvalue weighted by molar-refractivity contribution is 0.0942. The zero-order chi connectivity index (χ0) is 18.7. The largest absolute Gasteiger partial charge is 0.352 e. The summed E-state index contributed by atoms with van der Waals surface area (Å²) in [5, 5.41) is 3.50. The standard InChI is InChI=1S/C22H31FN2O/c1-4-6-16-9-11-17(12-10-16)13-24-22(26)18-14-25(15(2)3)20-8-5-7-19(23)21(18)20/h5,7-8,14-17H,4,6,9-13H2,1-3H3,(H,24,26). The van der Waals surface area contributed by atoms with Crippen LogP contribution in [0.15, 0.2) is 24.4 Å². The van der Waals surface area contributed by atoms with Gasteiger partial charge in [0.05, 0.1) is 11.1 Å². The number of aromatic nitrogens is 1. The van der Waals surface area contributed by atoms with Gasteiger partial charge in [-0.2, -0.15) is 0 Å². The third-order valence-corrected chi connectivity index (χ3v) is 5.82. The predicted molar refractivity (Wildman–Crippen MR) is 105 cm³/mol. The molecule has 1 saturated carbocycles. The van der Waals surface area contributed by atoms with Gasteiger partial charge in [0.15, 0.2) is 0 Å². The molecule has 1 aromatic carbocycles. The molecule has 1 fully saturated rings. The number of halogens is 1. The number of nitrogens with zero attached hydrogens (tertiary/aromatic N) is 1. The van der Waals surface area contributed by atoms with Gasteiger partial charge in [0.1, 0.15) is 5.82 Å². The Kier molecular flexibility index (Phi) is 6.00. The van der Waals surface area contributed by atoms with Gasteiger partial charge in [-0.05, 0) is 50.7 Å². The zero-order valence-electron chi connectivity index (χ0n) is 16.2. The molecule has 1 aliphatic carbocycles. The van der Waals surface area contributed by atoms with E-state index in [-0.39, 0.29) is 17.8 Å². The van der Waals surface area contributed by atoms with Crippen molar-refractivity contribution in [2.24, 2.45) is 11.8 Å². The fourth-order valence-electron chi connectivity index (χ4n) is 4.33. The van der Waals surface area contributed by atoms with Crippen molar-refractivity contribution < 1.29 is 9.18 Å². The van der Waals surface area contributed by atoms with Crippen LogP contribution in [0.2, 0.25) is 0 Å². The van der Waals surface area contributed by atoms with Crippen molar-refractivity contribution in [3.8, 4) is 0 Å². The number of carbonyl (C=O) groups is 1. The number of nitrogens with one attached hydrogen (secondary N) is 1. The normalized spacial score (nSPS) is 20.7. The van der Waals surface area contributed by atoms with Gasteiger partial charge >= 0.3 is 0 Å². The smallest absolute Gasteiger partial charge is 0.253 e. The molecule has 0 radical (unpaired) electrons. The molecule has 3 rings (SSSR count). The lowest BCUT2D eigenvalue weighted by Crippen LogP contribution is -2.31. The van der Waals surface area contributed by atoms with Crippen LogP contribution in [0.4, 0.5) is 4.39 Å². The molecular weight excluding hydrogens is 327 g/mol. The molecule has 3 nitrogen and oxygen atoms in total. The van der Waals surface area contributed by atoms with Crippen LogP contribution in [0.3, 0.4) is 0 Å². The molecule has 142 valence electrons. The van der Waals surface area contributed by atoms with Crippen LogP contribution in [-0.4, -0.2) is 17.0 Å². The van der Waals surface area contributed by atoms with Gasteiger partial charge in [-0.25, -0.2) is 4.39 Å². The van der Waals surface area contributed by atoms with E-state index in [0.717, 1.165) is 11.4 Å². The van der Waals surface area contributed by atoms with Crippen molar-refractivity contribution in [3.63, 3.8) is 0 Å². The van der Waals surface area contributed by atoms with E-state index < -0.39 is 0 Å². The van der Waals surface area contributed by atoms with Gasteiger partial charge in [0.25, 0.3) is 5.91 Å². The van der Waals surface area contributed by atoms with Gasteiger partial charge in [-0.15, -0.1) is 0 Å². The number of hydrogen-bond donors (Lipinski definition) is 1. The van der Waals surface area contributed by atoms with E-state index in [4.69, 9.17) is 0 Å². The van der Waals surface area contributed by atoms with E-state index in [1.54, 1.807) is 12.3 Å². The summed E-state index contributed by atoms with van der Waals surface area (Å²) in [5.41, 5.74) is 1.23. The summed E-state index contributed by atoms with van der Waals surface area (Å²) in [4.78, 5) is 12.8. The van der Waals surface area contributed by atoms with E-state index in [1.165, 1.54) is 44.6 Å². The lowest BCUT2D eigenvalue weighted by atomic mass is 9.80. The molecule has 26 heavy (non-hydrogen) atoms. The second-order valence-corrected chi connectivity index (χ2v) is 8.06. The average Bonchev–Trinajstić information content (AvgIpc) is 3.02. The molecular formula is C22H31FN2O. The third-order valence-electron chi connectivity index (χ3n) is 5.82. The highest BCUT2D eigenvalue weighted by molar-refractivity contribution is 6.07. The van der Waals surface area contributed by atoms with Crippen LogP contribution < -0.4 is 5.32 Å². The molecule has 1 heterocycles. The summed E-state index contributed by atoms with van der Waals surface area (Å²) in [6, 6.07) is 5.19. The summed E-state index contributed by atoms with van der Waals surface area (Å²) in [7, 11) is 0. The highest BCUT2D eigenvalue weighted by Gasteiger charge is 2.23. The minimum Gasteiger partial charge on any atom is -0.352 e. The van der Waals surface area contributed by atoms with Crippen LogP contribution in [0.1, 0.15) is 75.7 Å². The highest BCUT2D eigenvalue weighted by Crippen LogP contribution is 2.31. The van der Waals surface area contributed by atoms with E-state index in [2.05, 4.69) is 12.2 Å². The predicted octanol–water partition coefficient (Wildman–Crippen LogP) is 5.70. The van der Waals surface area contributed by atoms with E-state index in [0.29, 0.717) is 23.4 Å². The lowest BCUT2D eigenvalue weighted by Gasteiger charge is -2.28. The first-order valence-corrected chi connectivity index (χ1v) is 10.1. The monoisotopic (exact) mass is 358 g/mol. The van der Waals surface area contributed by atoms with Crippen molar-refractivity contribution in [3.05, 3.63) is 35.8 Å². The Morgan fingerprint density at radius 1 is 1.23 bits per heavy atom. The average molecular weight is 359 g/mol. The molecule has 0 spiro atoms. The fourth-order valence-corrected chi connectivity index (χ4v) is 4.33. The Hall–Kier alpha value is -1.84. The van der Waals surface area contributed by atoms with E-state index in [9.17, 15) is 9.18 Å². The van der Waals surface area contributed by atoms with Crippen molar-refractivity contribution in [2.45, 2.75) is 65.3 Å². The maximum Gasteiger partial charge on any atom is 0.253 e. The number of amides is 1. The minimum absolute atomic E-state index is 0.157. The SMILES string of the molecule is CCCC1CCC(CNC(=O)c2cn(C(C)C)c3cccc(F)c23)CC1. The Bertz CT molecular complexity index is 757. The molecule has 1 amide bonds. The molecule has 0 atom stereocenters. The Morgan fingerprint density at radius 3 is 2.58 bits per heavy atom. The molecule has 4 heteroatoms. The van der Waals surface area contributed by atoms with Crippen LogP contribution in [-0.2, 0) is 0 Å². The van der Waals surface area contributed by atoms with E-state index >= 15 is 0 Å². The molecule has 0 unspecified atom stereocenters. The topological polar surface area (TPSA) is 34.0 Å². The molecule has 0 aliphatic heterocycles. The molecule has 0 saturated heterocycles. The van der Waals surface area contributed by atoms with Crippen molar-refractivity contribution in [1.29, 1.82) is 0 Å². The first-order chi connectivity index (χ1) is 12.5. The molecule has 2 aromatic rings. The van der Waals surface area contributed by atoms with Crippen LogP contribution in [0, 0.1) is 17.7 Å². The molecule has 1 N–H and O–H groups in total. The summed E-state index contributed by atoms with van der Waals surface area (Å²) < 4.78 is 16.4. The van der Waals surface area contributed by atoms with Gasteiger partial charge in [-0.1, -0.05) is 38.7 Å². The molecule has 1 aliphatic rings. The maximum atomic E-state index is 14.4. The number of carbonyl (C=O) groups excluding carboxylic acids is 1. The first-order valence-electron chi connectivity index (χ1n) is 10.1. The summed E-state index contributed by atoms with van der Waals surface area (Å²) in [6.45, 7) is 7.03. The van der Waals surface area contributed by atoms with E-state index in [1.807, 2.05) is 24.5 Å². The Morgan fingerprint density at radius 2 is 1.92 bits per heavy atom. The highest BCUT2D eigenvalue weighted by atomic mass is 19.1. The van der Waals surface area contributed by atoms with Crippen molar-refractivity contribution in [2.75, 3.05) is 6.54 Å². The second-order valence-electron chi connectivity index (χ2n) is 8.06. The number of rotatable bonds is 6. The quantitative estimate of drug-likeness (QED) is 0.706. The van der Waals surface area contributed by atoms with Crippen LogP contribution >= 0.6 is 0 Å². The number of hydrogen-bond acceptors (Lipinski definition) is 1. The van der Waals surface area contributed by atoms with Gasteiger partial charge in [0, 0.05) is 24.2 Å². The Labute approximate surface area is 156 Å². The Balaban J connectivity index is 1.69. The summed E-state index contributed by atoms with van der Waals surface area (Å²) in [5.74, 6) is 0.933. The number of fused-ring (bicyclic) bond motifs is 1. The first kappa shape index (κ1) is 18.9. The maximum absolute atomic E-state index is 14.4. The molecule has 0 bridgehead atoms. The second kappa shape index (κ2) is 8.24. The minimum atomic E-state index is -0.327. The summed E-state index contributed by atoms with van der Waals surface area (Å²) in [6.07, 6.45) is 9.31. The van der Waals surface area contributed by atoms with Gasteiger partial charge in [-0.3, -0.25) is 4.79 Å². The van der Waals surface area contributed by atoms with Gasteiger partial charge in [0.2, 0.25) is 0 Å².